The van der Waals surface area contributed by atoms with Crippen LogP contribution in [0.5, 0.6) is 0 Å². The lowest BCUT2D eigenvalue weighted by molar-refractivity contribution is -0.172. The van der Waals surface area contributed by atoms with Crippen molar-refractivity contribution in [2.24, 2.45) is 11.8 Å². The van der Waals surface area contributed by atoms with Crippen molar-refractivity contribution >= 4 is 33.0 Å². The van der Waals surface area contributed by atoms with Crippen LogP contribution in [-0.4, -0.2) is 52.7 Å². The second-order valence-electron chi connectivity index (χ2n) is 9.54. The fourth-order valence-electron chi connectivity index (χ4n) is 5.54. The van der Waals surface area contributed by atoms with Crippen LogP contribution in [0, 0.1) is 29.3 Å². The van der Waals surface area contributed by atoms with Gasteiger partial charge >= 0.3 is 0 Å². The standard InChI is InChI=1S/C24H25ClF3NO6S/c1-11(30)22(31)24(33)13-3-4-14(24)8-16(7-13)36(34,35)20-6-12(2-5-17(20)25)23(32)29-15-9-18(26)21(28)19(27)10-15/h2,5-6,9-11,13-14,16,22,30-31,33H,3-4,7-8H2,1H3,(H,29,32)/t11-,13?,14?,16?,22-,24?/m0/s1. The first kappa shape index (κ1) is 26.9. The SMILES string of the molecule is C[C@H](O)[C@H](O)C1(O)C2CCC1CC(S(=O)(=O)c1cc(C(=O)Nc3cc(F)c(F)c(F)c3)ccc1Cl)C2. The maximum atomic E-state index is 13.6. The fraction of sp³-hybridized carbons (Fsp3) is 0.458. The lowest BCUT2D eigenvalue weighted by Crippen LogP contribution is -2.58. The van der Waals surface area contributed by atoms with Gasteiger partial charge in [-0.15, -0.1) is 0 Å². The third kappa shape index (κ3) is 4.51. The van der Waals surface area contributed by atoms with E-state index in [0.29, 0.717) is 25.0 Å². The smallest absolute Gasteiger partial charge is 0.255 e. The predicted molar refractivity (Wildman–Crippen MR) is 125 cm³/mol. The summed E-state index contributed by atoms with van der Waals surface area (Å²) in [6.07, 6.45) is -1.59. The van der Waals surface area contributed by atoms with Gasteiger partial charge in [-0.1, -0.05) is 11.6 Å². The molecule has 4 N–H and O–H groups in total. The van der Waals surface area contributed by atoms with E-state index in [1.807, 2.05) is 0 Å². The minimum atomic E-state index is -4.10. The zero-order valence-electron chi connectivity index (χ0n) is 19.1. The highest BCUT2D eigenvalue weighted by Gasteiger charge is 2.59. The van der Waals surface area contributed by atoms with E-state index in [-0.39, 0.29) is 34.0 Å². The molecule has 36 heavy (non-hydrogen) atoms. The highest BCUT2D eigenvalue weighted by Crippen LogP contribution is 2.54. The summed E-state index contributed by atoms with van der Waals surface area (Å²) < 4.78 is 67.2. The maximum Gasteiger partial charge on any atom is 0.255 e. The van der Waals surface area contributed by atoms with Crippen LogP contribution in [-0.2, 0) is 9.84 Å². The first-order valence-corrected chi connectivity index (χ1v) is 13.3. The summed E-state index contributed by atoms with van der Waals surface area (Å²) >= 11 is 6.19. The molecule has 2 saturated carbocycles. The second-order valence-corrected chi connectivity index (χ2v) is 12.1. The number of aliphatic hydroxyl groups is 3. The average Bonchev–Trinajstić information content (AvgIpc) is 2.98. The highest BCUT2D eigenvalue weighted by atomic mass is 35.5. The van der Waals surface area contributed by atoms with Crippen molar-refractivity contribution in [2.45, 2.75) is 60.6 Å². The van der Waals surface area contributed by atoms with E-state index in [9.17, 15) is 41.7 Å². The molecule has 2 aromatic rings. The number of carbonyl (C=O) groups excluding carboxylic acids is 1. The average molecular weight is 548 g/mol. The summed E-state index contributed by atoms with van der Waals surface area (Å²) in [7, 11) is -4.10. The maximum absolute atomic E-state index is 13.6. The van der Waals surface area contributed by atoms with Crippen molar-refractivity contribution in [3.05, 3.63) is 58.4 Å². The molecule has 4 rings (SSSR count). The van der Waals surface area contributed by atoms with Crippen LogP contribution in [0.25, 0.3) is 0 Å². The Morgan fingerprint density at radius 2 is 1.64 bits per heavy atom. The van der Waals surface area contributed by atoms with Crippen LogP contribution in [0.4, 0.5) is 18.9 Å². The van der Waals surface area contributed by atoms with E-state index in [0.717, 1.165) is 6.07 Å². The summed E-state index contributed by atoms with van der Waals surface area (Å²) in [5.74, 6) is -6.72. The van der Waals surface area contributed by atoms with Gasteiger partial charge in [-0.2, -0.15) is 0 Å². The van der Waals surface area contributed by atoms with Crippen LogP contribution in [0.15, 0.2) is 35.2 Å². The van der Waals surface area contributed by atoms with Crippen LogP contribution < -0.4 is 5.32 Å². The number of halogens is 4. The van der Waals surface area contributed by atoms with E-state index in [1.165, 1.54) is 19.1 Å². The third-order valence-electron chi connectivity index (χ3n) is 7.38. The molecule has 196 valence electrons. The molecule has 0 radical (unpaired) electrons. The number of sulfone groups is 1. The molecule has 2 aliphatic carbocycles. The normalized spacial score (nSPS) is 27.5. The van der Waals surface area contributed by atoms with Gasteiger partial charge in [-0.3, -0.25) is 4.79 Å². The Hall–Kier alpha value is -2.18. The molecule has 1 amide bonds. The molecule has 0 aliphatic heterocycles. The van der Waals surface area contributed by atoms with Gasteiger partial charge in [-0.25, -0.2) is 21.6 Å². The number of aliphatic hydroxyl groups excluding tert-OH is 2. The van der Waals surface area contributed by atoms with E-state index in [2.05, 4.69) is 5.32 Å². The van der Waals surface area contributed by atoms with E-state index in [1.54, 1.807) is 0 Å². The van der Waals surface area contributed by atoms with Crippen LogP contribution >= 0.6 is 11.6 Å². The molecule has 0 aromatic heterocycles. The molecule has 2 bridgehead atoms. The summed E-state index contributed by atoms with van der Waals surface area (Å²) in [5, 5.41) is 32.5. The summed E-state index contributed by atoms with van der Waals surface area (Å²) in [4.78, 5) is 12.3. The molecular weight excluding hydrogens is 523 g/mol. The van der Waals surface area contributed by atoms with Gasteiger partial charge in [0, 0.05) is 23.4 Å². The zero-order valence-corrected chi connectivity index (χ0v) is 20.7. The molecule has 7 nitrogen and oxygen atoms in total. The number of amides is 1. The quantitative estimate of drug-likeness (QED) is 0.411. The molecule has 2 unspecified atom stereocenters. The summed E-state index contributed by atoms with van der Waals surface area (Å²) in [5.41, 5.74) is -2.13. The Morgan fingerprint density at radius 1 is 1.08 bits per heavy atom. The molecular formula is C24H25ClF3NO6S. The van der Waals surface area contributed by atoms with Gasteiger partial charge in [0.25, 0.3) is 5.91 Å². The number of benzene rings is 2. The lowest BCUT2D eigenvalue weighted by atomic mass is 9.70. The van der Waals surface area contributed by atoms with Crippen molar-refractivity contribution in [3.8, 4) is 0 Å². The first-order chi connectivity index (χ1) is 16.8. The molecule has 2 aromatic carbocycles. The Labute approximate surface area is 210 Å². The van der Waals surface area contributed by atoms with E-state index >= 15 is 0 Å². The van der Waals surface area contributed by atoms with Crippen molar-refractivity contribution in [1.82, 2.24) is 0 Å². The van der Waals surface area contributed by atoms with Gasteiger partial charge in [0.15, 0.2) is 27.3 Å². The van der Waals surface area contributed by atoms with Crippen molar-refractivity contribution in [1.29, 1.82) is 0 Å². The molecule has 0 spiro atoms. The van der Waals surface area contributed by atoms with E-state index < -0.39 is 68.1 Å². The van der Waals surface area contributed by atoms with Crippen molar-refractivity contribution in [2.75, 3.05) is 5.32 Å². The molecule has 0 heterocycles. The minimum absolute atomic E-state index is 0.0278. The van der Waals surface area contributed by atoms with Gasteiger partial charge in [0.2, 0.25) is 0 Å². The highest BCUT2D eigenvalue weighted by molar-refractivity contribution is 7.92. The van der Waals surface area contributed by atoms with Crippen molar-refractivity contribution in [3.63, 3.8) is 0 Å². The number of rotatable bonds is 6. The van der Waals surface area contributed by atoms with E-state index in [4.69, 9.17) is 11.6 Å². The number of hydrogen-bond donors (Lipinski definition) is 4. The first-order valence-electron chi connectivity index (χ1n) is 11.3. The van der Waals surface area contributed by atoms with Crippen LogP contribution in [0.1, 0.15) is 43.0 Å². The number of carbonyl (C=O) groups is 1. The Morgan fingerprint density at radius 3 is 2.17 bits per heavy atom. The number of nitrogens with one attached hydrogen (secondary N) is 1. The zero-order chi connectivity index (χ0) is 26.6. The van der Waals surface area contributed by atoms with Gasteiger partial charge in [0.1, 0.15) is 6.10 Å². The molecule has 2 aliphatic rings. The Kier molecular flexibility index (Phi) is 7.17. The molecule has 0 saturated heterocycles. The predicted octanol–water partition coefficient (Wildman–Crippen LogP) is 3.44. The van der Waals surface area contributed by atoms with Gasteiger partial charge in [-0.05, 0) is 62.6 Å². The van der Waals surface area contributed by atoms with Gasteiger partial charge < -0.3 is 20.6 Å². The second kappa shape index (κ2) is 9.60. The fourth-order valence-corrected chi connectivity index (χ4v) is 7.94. The minimum Gasteiger partial charge on any atom is -0.391 e. The summed E-state index contributed by atoms with van der Waals surface area (Å²) in [6.45, 7) is 1.36. The molecule has 4 atom stereocenters. The largest absolute Gasteiger partial charge is 0.391 e. The number of anilines is 1. The Balaban J connectivity index is 1.59. The van der Waals surface area contributed by atoms with Crippen molar-refractivity contribution < 1.29 is 41.7 Å². The topological polar surface area (TPSA) is 124 Å². The summed E-state index contributed by atoms with van der Waals surface area (Å²) in [6, 6.07) is 4.67. The third-order valence-corrected chi connectivity index (χ3v) is 10.0. The van der Waals surface area contributed by atoms with Gasteiger partial charge in [0.05, 0.1) is 26.9 Å². The number of hydrogen-bond acceptors (Lipinski definition) is 6. The van der Waals surface area contributed by atoms with Crippen LogP contribution in [0.2, 0.25) is 5.02 Å². The lowest BCUT2D eigenvalue weighted by Gasteiger charge is -2.46. The molecule has 12 heteroatoms. The van der Waals surface area contributed by atoms with Crippen LogP contribution in [0.3, 0.4) is 0 Å². The number of fused-ring (bicyclic) bond motifs is 2. The monoisotopic (exact) mass is 547 g/mol. The molecule has 2 fully saturated rings. The Bertz CT molecular complexity index is 1270.